The van der Waals surface area contributed by atoms with E-state index >= 15 is 0 Å². The first-order valence-corrected chi connectivity index (χ1v) is 10.8. The second-order valence-corrected chi connectivity index (χ2v) is 7.79. The van der Waals surface area contributed by atoms with Crippen molar-refractivity contribution in [3.05, 3.63) is 46.4 Å². The summed E-state index contributed by atoms with van der Waals surface area (Å²) in [6, 6.07) is 10.7. The third-order valence-electron chi connectivity index (χ3n) is 4.40. The zero-order valence-electron chi connectivity index (χ0n) is 17.1. The minimum atomic E-state index is -0.209. The number of hydrogen-bond acceptors (Lipinski definition) is 4. The van der Waals surface area contributed by atoms with E-state index in [0.29, 0.717) is 42.1 Å². The van der Waals surface area contributed by atoms with Gasteiger partial charge in [-0.3, -0.25) is 4.79 Å². The number of amides is 3. The van der Waals surface area contributed by atoms with Gasteiger partial charge in [0.1, 0.15) is 0 Å². The Morgan fingerprint density at radius 3 is 2.10 bits per heavy atom. The number of anilines is 2. The van der Waals surface area contributed by atoms with Crippen LogP contribution in [0.3, 0.4) is 0 Å². The predicted octanol–water partition coefficient (Wildman–Crippen LogP) is 4.71. The zero-order valence-corrected chi connectivity index (χ0v) is 18.7. The molecule has 0 unspecified atom stereocenters. The van der Waals surface area contributed by atoms with Gasteiger partial charge in [0.05, 0.1) is 19.6 Å². The van der Waals surface area contributed by atoms with Gasteiger partial charge in [-0.05, 0) is 68.7 Å². The first-order valence-electron chi connectivity index (χ1n) is 10.0. The summed E-state index contributed by atoms with van der Waals surface area (Å²) in [5, 5.41) is 8.52. The number of ether oxygens (including phenoxy) is 2. The molecule has 3 N–H and O–H groups in total. The van der Waals surface area contributed by atoms with E-state index in [4.69, 9.17) is 9.47 Å². The van der Waals surface area contributed by atoms with Gasteiger partial charge in [-0.2, -0.15) is 0 Å². The first kappa shape index (κ1) is 22.0. The molecule has 30 heavy (non-hydrogen) atoms. The molecular formula is C22H26BrN3O4. The lowest BCUT2D eigenvalue weighted by molar-refractivity contribution is -0.115. The van der Waals surface area contributed by atoms with E-state index in [1.54, 1.807) is 24.3 Å². The second kappa shape index (κ2) is 10.3. The number of halogens is 1. The van der Waals surface area contributed by atoms with E-state index in [1.165, 1.54) is 0 Å². The minimum absolute atomic E-state index is 0.158. The van der Waals surface area contributed by atoms with Crippen LogP contribution in [0.5, 0.6) is 11.5 Å². The van der Waals surface area contributed by atoms with Crippen LogP contribution >= 0.6 is 15.9 Å². The molecule has 1 aliphatic rings. The fourth-order valence-electron chi connectivity index (χ4n) is 2.84. The van der Waals surface area contributed by atoms with Gasteiger partial charge in [-0.1, -0.05) is 15.9 Å². The molecule has 0 aliphatic heterocycles. The topological polar surface area (TPSA) is 88.7 Å². The van der Waals surface area contributed by atoms with Crippen molar-refractivity contribution >= 4 is 39.2 Å². The summed E-state index contributed by atoms with van der Waals surface area (Å²) in [6.45, 7) is 4.84. The Bertz CT molecular complexity index is 898. The SMILES string of the molecule is CCOc1cc(Br)c(CC(=O)Nc2ccc(NC(=O)NC3CC3)cc2)cc1OCC. The Morgan fingerprint density at radius 2 is 1.53 bits per heavy atom. The summed E-state index contributed by atoms with van der Waals surface area (Å²) in [7, 11) is 0. The number of carbonyl (C=O) groups is 2. The largest absolute Gasteiger partial charge is 0.490 e. The molecule has 0 bridgehead atoms. The van der Waals surface area contributed by atoms with Crippen molar-refractivity contribution in [3.63, 3.8) is 0 Å². The minimum Gasteiger partial charge on any atom is -0.490 e. The highest BCUT2D eigenvalue weighted by Gasteiger charge is 2.23. The molecule has 8 heteroatoms. The van der Waals surface area contributed by atoms with Crippen LogP contribution in [0.15, 0.2) is 40.9 Å². The Hall–Kier alpha value is -2.74. The number of carbonyl (C=O) groups excluding carboxylic acids is 2. The molecule has 2 aromatic rings. The van der Waals surface area contributed by atoms with Crippen molar-refractivity contribution in [2.45, 2.75) is 39.2 Å². The highest BCUT2D eigenvalue weighted by atomic mass is 79.9. The maximum atomic E-state index is 12.5. The van der Waals surface area contributed by atoms with E-state index in [9.17, 15) is 9.59 Å². The van der Waals surface area contributed by atoms with Crippen molar-refractivity contribution in [1.82, 2.24) is 5.32 Å². The summed E-state index contributed by atoms with van der Waals surface area (Å²) < 4.78 is 12.0. The molecule has 0 radical (unpaired) electrons. The Balaban J connectivity index is 1.59. The number of nitrogens with one attached hydrogen (secondary N) is 3. The van der Waals surface area contributed by atoms with Crippen molar-refractivity contribution in [1.29, 1.82) is 0 Å². The quantitative estimate of drug-likeness (QED) is 0.489. The van der Waals surface area contributed by atoms with Crippen LogP contribution in [0.2, 0.25) is 0 Å². The molecule has 0 saturated heterocycles. The first-order chi connectivity index (χ1) is 14.5. The number of benzene rings is 2. The Labute approximate surface area is 184 Å². The van der Waals surface area contributed by atoms with Gasteiger partial charge in [-0.25, -0.2) is 4.79 Å². The summed E-state index contributed by atoms with van der Waals surface area (Å²) in [5.41, 5.74) is 2.12. The van der Waals surface area contributed by atoms with Crippen LogP contribution in [0.25, 0.3) is 0 Å². The molecular weight excluding hydrogens is 450 g/mol. The van der Waals surface area contributed by atoms with Gasteiger partial charge in [0.25, 0.3) is 0 Å². The van der Waals surface area contributed by atoms with Crippen LogP contribution in [0.4, 0.5) is 16.2 Å². The third-order valence-corrected chi connectivity index (χ3v) is 5.14. The van der Waals surface area contributed by atoms with Gasteiger partial charge in [0.15, 0.2) is 11.5 Å². The number of urea groups is 1. The van der Waals surface area contributed by atoms with E-state index in [-0.39, 0.29) is 18.4 Å². The second-order valence-electron chi connectivity index (χ2n) is 6.93. The summed E-state index contributed by atoms with van der Waals surface area (Å²) in [6.07, 6.45) is 2.25. The van der Waals surface area contributed by atoms with Gasteiger partial charge in [0.2, 0.25) is 5.91 Å². The van der Waals surface area contributed by atoms with E-state index in [1.807, 2.05) is 26.0 Å². The molecule has 0 heterocycles. The Morgan fingerprint density at radius 1 is 0.967 bits per heavy atom. The van der Waals surface area contributed by atoms with Crippen LogP contribution in [-0.2, 0) is 11.2 Å². The van der Waals surface area contributed by atoms with Crippen molar-refractivity contribution < 1.29 is 19.1 Å². The molecule has 2 aromatic carbocycles. The van der Waals surface area contributed by atoms with E-state index in [2.05, 4.69) is 31.9 Å². The molecule has 7 nitrogen and oxygen atoms in total. The average Bonchev–Trinajstić information content (AvgIpc) is 3.51. The monoisotopic (exact) mass is 475 g/mol. The molecule has 1 aliphatic carbocycles. The molecule has 3 amide bonds. The van der Waals surface area contributed by atoms with Gasteiger partial charge < -0.3 is 25.4 Å². The van der Waals surface area contributed by atoms with Crippen molar-refractivity contribution in [3.8, 4) is 11.5 Å². The lowest BCUT2D eigenvalue weighted by Crippen LogP contribution is -2.30. The van der Waals surface area contributed by atoms with Gasteiger partial charge in [0, 0.05) is 21.9 Å². The number of hydrogen-bond donors (Lipinski definition) is 3. The van der Waals surface area contributed by atoms with Crippen molar-refractivity contribution in [2.24, 2.45) is 0 Å². The molecule has 160 valence electrons. The average molecular weight is 476 g/mol. The van der Waals surface area contributed by atoms with Gasteiger partial charge >= 0.3 is 6.03 Å². The third kappa shape index (κ3) is 6.38. The van der Waals surface area contributed by atoms with Crippen LogP contribution in [0.1, 0.15) is 32.3 Å². The summed E-state index contributed by atoms with van der Waals surface area (Å²) in [5.74, 6) is 1.10. The fraction of sp³-hybridized carbons (Fsp3) is 0.364. The normalized spacial score (nSPS) is 12.8. The molecule has 0 atom stereocenters. The molecule has 0 aromatic heterocycles. The number of rotatable bonds is 9. The standard InChI is InChI=1S/C22H26BrN3O4/c1-3-29-19-11-14(18(23)13-20(19)30-4-2)12-21(27)24-15-5-7-16(8-6-15)25-22(28)26-17-9-10-17/h5-8,11,13,17H,3-4,9-10,12H2,1-2H3,(H,24,27)(H2,25,26,28). The van der Waals surface area contributed by atoms with Crippen molar-refractivity contribution in [2.75, 3.05) is 23.8 Å². The van der Waals surface area contributed by atoms with E-state index < -0.39 is 0 Å². The maximum absolute atomic E-state index is 12.5. The summed E-state index contributed by atoms with van der Waals surface area (Å²) >= 11 is 3.51. The predicted molar refractivity (Wildman–Crippen MR) is 120 cm³/mol. The highest BCUT2D eigenvalue weighted by molar-refractivity contribution is 9.10. The Kier molecular flexibility index (Phi) is 7.57. The van der Waals surface area contributed by atoms with Crippen LogP contribution in [-0.4, -0.2) is 31.2 Å². The van der Waals surface area contributed by atoms with Gasteiger partial charge in [-0.15, -0.1) is 0 Å². The lowest BCUT2D eigenvalue weighted by Gasteiger charge is -2.14. The van der Waals surface area contributed by atoms with E-state index in [0.717, 1.165) is 22.9 Å². The molecule has 3 rings (SSSR count). The summed E-state index contributed by atoms with van der Waals surface area (Å²) in [4.78, 5) is 24.3. The molecule has 0 spiro atoms. The highest BCUT2D eigenvalue weighted by Crippen LogP contribution is 2.34. The molecule has 1 saturated carbocycles. The van der Waals surface area contributed by atoms with Crippen LogP contribution < -0.4 is 25.4 Å². The molecule has 1 fully saturated rings. The van der Waals surface area contributed by atoms with Crippen LogP contribution in [0, 0.1) is 0 Å². The maximum Gasteiger partial charge on any atom is 0.319 e. The fourth-order valence-corrected chi connectivity index (χ4v) is 3.31. The lowest BCUT2D eigenvalue weighted by atomic mass is 10.1. The smallest absolute Gasteiger partial charge is 0.319 e. The zero-order chi connectivity index (χ0) is 21.5.